The van der Waals surface area contributed by atoms with Gasteiger partial charge in [0, 0.05) is 0 Å². The Hall–Kier alpha value is -1.31. The van der Waals surface area contributed by atoms with Gasteiger partial charge in [-0.1, -0.05) is 26.0 Å². The first-order valence-electron chi connectivity index (χ1n) is 4.42. The molecule has 70 valence electrons. The average molecular weight is 178 g/mol. The lowest BCUT2D eigenvalue weighted by Gasteiger charge is -2.00. The van der Waals surface area contributed by atoms with Crippen LogP contribution in [0.25, 0.3) is 0 Å². The summed E-state index contributed by atoms with van der Waals surface area (Å²) in [6.45, 7) is 4.23. The molecule has 2 heteroatoms. The Labute approximate surface area is 77.9 Å². The van der Waals surface area contributed by atoms with Crippen LogP contribution in [0.1, 0.15) is 19.4 Å². The van der Waals surface area contributed by atoms with Crippen LogP contribution < -0.4 is 5.43 Å². The normalized spacial score (nSPS) is 10.4. The number of rotatable bonds is 2. The molecule has 0 atom stereocenters. The zero-order valence-corrected chi connectivity index (χ0v) is 7.95. The van der Waals surface area contributed by atoms with Crippen molar-refractivity contribution in [2.45, 2.75) is 20.3 Å². The zero-order valence-electron chi connectivity index (χ0n) is 7.95. The molecule has 0 aromatic heterocycles. The maximum atomic E-state index is 11.0. The maximum absolute atomic E-state index is 11.0. The highest BCUT2D eigenvalue weighted by Gasteiger charge is 1.97. The first-order chi connectivity index (χ1) is 6.09. The van der Waals surface area contributed by atoms with Gasteiger partial charge in [-0.05, 0) is 30.0 Å². The Kier molecular flexibility index (Phi) is 3.07. The van der Waals surface area contributed by atoms with E-state index in [9.17, 15) is 4.79 Å². The molecule has 0 fully saturated rings. The summed E-state index contributed by atoms with van der Waals surface area (Å²) in [6, 6.07) is 6.42. The van der Waals surface area contributed by atoms with E-state index in [1.807, 2.05) is 0 Å². The molecule has 0 spiro atoms. The van der Waals surface area contributed by atoms with E-state index in [4.69, 9.17) is 5.11 Å². The van der Waals surface area contributed by atoms with Gasteiger partial charge in [0.2, 0.25) is 5.43 Å². The minimum absolute atomic E-state index is 0.185. The fourth-order valence-corrected chi connectivity index (χ4v) is 1.20. The summed E-state index contributed by atoms with van der Waals surface area (Å²) in [5, 5.41) is 9.13. The summed E-state index contributed by atoms with van der Waals surface area (Å²) in [5.74, 6) is 0.370. The molecule has 0 heterocycles. The molecule has 2 nitrogen and oxygen atoms in total. The van der Waals surface area contributed by atoms with E-state index < -0.39 is 0 Å². The molecular weight excluding hydrogens is 164 g/mol. The quantitative estimate of drug-likeness (QED) is 0.751. The van der Waals surface area contributed by atoms with Crippen molar-refractivity contribution in [2.75, 3.05) is 0 Å². The lowest BCUT2D eigenvalue weighted by molar-refractivity contribution is 0.471. The molecular formula is C11H14O2. The smallest absolute Gasteiger partial charge is 0.220 e. The largest absolute Gasteiger partial charge is 0.504 e. The highest BCUT2D eigenvalue weighted by molar-refractivity contribution is 5.23. The summed E-state index contributed by atoms with van der Waals surface area (Å²) < 4.78 is 0. The minimum atomic E-state index is -0.324. The third-order valence-corrected chi connectivity index (χ3v) is 1.80. The van der Waals surface area contributed by atoms with Crippen LogP contribution in [-0.4, -0.2) is 5.11 Å². The van der Waals surface area contributed by atoms with E-state index in [1.165, 1.54) is 12.1 Å². The lowest BCUT2D eigenvalue weighted by atomic mass is 10.1. The van der Waals surface area contributed by atoms with Crippen molar-refractivity contribution in [2.24, 2.45) is 5.92 Å². The minimum Gasteiger partial charge on any atom is -0.504 e. The molecule has 1 aromatic carbocycles. The van der Waals surface area contributed by atoms with E-state index >= 15 is 0 Å². The maximum Gasteiger partial charge on any atom is 0.220 e. The molecule has 0 amide bonds. The summed E-state index contributed by atoms with van der Waals surface area (Å²) in [7, 11) is 0. The van der Waals surface area contributed by atoms with Gasteiger partial charge in [-0.25, -0.2) is 0 Å². The fourth-order valence-electron chi connectivity index (χ4n) is 1.20. The predicted octanol–water partition coefficient (Wildman–Crippen LogP) is 1.95. The monoisotopic (exact) mass is 178 g/mol. The molecule has 1 N–H and O–H groups in total. The first-order valence-corrected chi connectivity index (χ1v) is 4.42. The van der Waals surface area contributed by atoms with E-state index in [2.05, 4.69) is 13.8 Å². The van der Waals surface area contributed by atoms with Crippen LogP contribution >= 0.6 is 0 Å². The summed E-state index contributed by atoms with van der Waals surface area (Å²) in [6.07, 6.45) is 0.924. The van der Waals surface area contributed by atoms with Crippen LogP contribution in [0.3, 0.4) is 0 Å². The molecule has 0 radical (unpaired) electrons. The summed E-state index contributed by atoms with van der Waals surface area (Å²) >= 11 is 0. The van der Waals surface area contributed by atoms with Crippen LogP contribution in [0.15, 0.2) is 29.1 Å². The van der Waals surface area contributed by atoms with Crippen molar-refractivity contribution >= 4 is 0 Å². The standard InChI is InChI=1S/C11H14O2/c1-8(2)7-9-3-5-10(12)11(13)6-4-9/h3-6,8H,7H2,1-2H3,(H,12,13). The average Bonchev–Trinajstić information content (AvgIpc) is 2.19. The lowest BCUT2D eigenvalue weighted by Crippen LogP contribution is -1.93. The predicted molar refractivity (Wildman–Crippen MR) is 52.9 cm³/mol. The Balaban J connectivity index is 3.02. The molecule has 0 aliphatic carbocycles. The second-order valence-corrected chi connectivity index (χ2v) is 3.59. The molecule has 0 saturated heterocycles. The van der Waals surface area contributed by atoms with Crippen LogP contribution in [0.4, 0.5) is 0 Å². The van der Waals surface area contributed by atoms with Crippen LogP contribution in [0, 0.1) is 5.92 Å². The topological polar surface area (TPSA) is 37.3 Å². The SMILES string of the molecule is CC(C)Cc1ccc(O)c(=O)cc1. The van der Waals surface area contributed by atoms with Crippen molar-refractivity contribution < 1.29 is 5.11 Å². The molecule has 1 rings (SSSR count). The van der Waals surface area contributed by atoms with Crippen molar-refractivity contribution in [3.05, 3.63) is 40.1 Å². The number of hydrogen-bond donors (Lipinski definition) is 1. The zero-order chi connectivity index (χ0) is 9.84. The molecule has 0 aliphatic rings. The Morgan fingerprint density at radius 3 is 2.46 bits per heavy atom. The number of hydrogen-bond acceptors (Lipinski definition) is 2. The van der Waals surface area contributed by atoms with Gasteiger partial charge in [-0.3, -0.25) is 4.79 Å². The summed E-state index contributed by atoms with van der Waals surface area (Å²) in [4.78, 5) is 11.0. The van der Waals surface area contributed by atoms with Crippen LogP contribution in [-0.2, 0) is 6.42 Å². The molecule has 0 saturated carbocycles. The van der Waals surface area contributed by atoms with Gasteiger partial charge in [-0.15, -0.1) is 0 Å². The molecule has 1 aromatic rings. The second-order valence-electron chi connectivity index (χ2n) is 3.59. The van der Waals surface area contributed by atoms with E-state index in [1.54, 1.807) is 12.1 Å². The van der Waals surface area contributed by atoms with Crippen molar-refractivity contribution in [3.63, 3.8) is 0 Å². The third kappa shape index (κ3) is 2.90. The fraction of sp³-hybridized carbons (Fsp3) is 0.364. The van der Waals surface area contributed by atoms with Gasteiger partial charge in [0.05, 0.1) is 0 Å². The van der Waals surface area contributed by atoms with Gasteiger partial charge in [0.1, 0.15) is 0 Å². The van der Waals surface area contributed by atoms with E-state index in [0.717, 1.165) is 12.0 Å². The van der Waals surface area contributed by atoms with Crippen LogP contribution in [0.5, 0.6) is 5.75 Å². The number of aromatic hydroxyl groups is 1. The summed E-state index contributed by atoms with van der Waals surface area (Å²) in [5.41, 5.74) is 0.752. The first kappa shape index (κ1) is 9.78. The van der Waals surface area contributed by atoms with E-state index in [0.29, 0.717) is 5.92 Å². The Morgan fingerprint density at radius 1 is 1.23 bits per heavy atom. The Bertz CT molecular complexity index is 342. The van der Waals surface area contributed by atoms with Gasteiger partial charge in [-0.2, -0.15) is 0 Å². The van der Waals surface area contributed by atoms with Gasteiger partial charge in [0.25, 0.3) is 0 Å². The molecule has 0 aliphatic heterocycles. The van der Waals surface area contributed by atoms with Gasteiger partial charge >= 0.3 is 0 Å². The highest BCUT2D eigenvalue weighted by atomic mass is 16.3. The molecule has 13 heavy (non-hydrogen) atoms. The second kappa shape index (κ2) is 4.08. The molecule has 0 bridgehead atoms. The van der Waals surface area contributed by atoms with Crippen molar-refractivity contribution in [1.29, 1.82) is 0 Å². The Morgan fingerprint density at radius 2 is 1.85 bits per heavy atom. The van der Waals surface area contributed by atoms with Crippen LogP contribution in [0.2, 0.25) is 0 Å². The molecule has 0 unspecified atom stereocenters. The van der Waals surface area contributed by atoms with Gasteiger partial charge in [0.15, 0.2) is 5.75 Å². The third-order valence-electron chi connectivity index (χ3n) is 1.80. The van der Waals surface area contributed by atoms with Crippen molar-refractivity contribution in [3.8, 4) is 5.75 Å². The highest BCUT2D eigenvalue weighted by Crippen LogP contribution is 2.07. The van der Waals surface area contributed by atoms with Gasteiger partial charge < -0.3 is 5.11 Å². The van der Waals surface area contributed by atoms with Crippen molar-refractivity contribution in [1.82, 2.24) is 0 Å². The van der Waals surface area contributed by atoms with E-state index in [-0.39, 0.29) is 11.2 Å².